The number of benzene rings is 1. The lowest BCUT2D eigenvalue weighted by atomic mass is 9.92. The van der Waals surface area contributed by atoms with E-state index >= 15 is 0 Å². The maximum atomic E-state index is 12.8. The fourth-order valence-corrected chi connectivity index (χ4v) is 2.08. The normalized spacial score (nSPS) is 14.8. The minimum atomic E-state index is -4.40. The Bertz CT molecular complexity index is 449. The Morgan fingerprint density at radius 1 is 1.33 bits per heavy atom. The first-order chi connectivity index (χ1) is 9.79. The second-order valence-corrected chi connectivity index (χ2v) is 5.13. The van der Waals surface area contributed by atoms with Crippen molar-refractivity contribution in [1.82, 2.24) is 0 Å². The van der Waals surface area contributed by atoms with Crippen LogP contribution < -0.4 is 10.5 Å². The minimum absolute atomic E-state index is 0.0778. The second-order valence-electron chi connectivity index (χ2n) is 5.13. The van der Waals surface area contributed by atoms with Crippen LogP contribution >= 0.6 is 0 Å². The fraction of sp³-hybridized carbons (Fsp3) is 0.600. The lowest BCUT2D eigenvalue weighted by Gasteiger charge is -2.20. The van der Waals surface area contributed by atoms with Gasteiger partial charge in [-0.2, -0.15) is 13.2 Å². The molecular formula is C15H22F3NO2. The van der Waals surface area contributed by atoms with Crippen molar-refractivity contribution in [3.05, 3.63) is 29.3 Å². The number of hydrogen-bond donors (Lipinski definition) is 2. The van der Waals surface area contributed by atoms with E-state index in [0.717, 1.165) is 18.6 Å². The Kier molecular flexibility index (Phi) is 6.48. The van der Waals surface area contributed by atoms with Crippen LogP contribution in [0.15, 0.2) is 18.2 Å². The van der Waals surface area contributed by atoms with E-state index in [2.05, 4.69) is 0 Å². The van der Waals surface area contributed by atoms with Crippen LogP contribution in [-0.4, -0.2) is 24.4 Å². The van der Waals surface area contributed by atoms with Crippen LogP contribution in [0.25, 0.3) is 0 Å². The summed E-state index contributed by atoms with van der Waals surface area (Å²) in [5.74, 6) is 0.152. The highest BCUT2D eigenvalue weighted by Gasteiger charge is 2.32. The van der Waals surface area contributed by atoms with E-state index in [-0.39, 0.29) is 12.5 Å². The van der Waals surface area contributed by atoms with Crippen molar-refractivity contribution >= 4 is 0 Å². The molecule has 0 aromatic heterocycles. The summed E-state index contributed by atoms with van der Waals surface area (Å²) >= 11 is 0. The van der Waals surface area contributed by atoms with Crippen molar-refractivity contribution in [2.24, 2.45) is 5.73 Å². The van der Waals surface area contributed by atoms with Gasteiger partial charge in [0, 0.05) is 6.54 Å². The van der Waals surface area contributed by atoms with Crippen LogP contribution in [-0.2, 0) is 6.18 Å². The van der Waals surface area contributed by atoms with E-state index in [0.29, 0.717) is 24.3 Å². The Morgan fingerprint density at radius 3 is 2.52 bits per heavy atom. The average Bonchev–Trinajstić information content (AvgIpc) is 2.43. The smallest absolute Gasteiger partial charge is 0.416 e. The van der Waals surface area contributed by atoms with Crippen molar-refractivity contribution < 1.29 is 23.0 Å². The first-order valence-electron chi connectivity index (χ1n) is 7.01. The van der Waals surface area contributed by atoms with E-state index in [1.54, 1.807) is 6.92 Å². The van der Waals surface area contributed by atoms with Gasteiger partial charge in [-0.05, 0) is 42.5 Å². The molecule has 0 saturated heterocycles. The molecule has 1 aromatic rings. The first-order valence-corrected chi connectivity index (χ1v) is 7.01. The number of halogens is 3. The first kappa shape index (κ1) is 17.8. The molecule has 0 amide bonds. The number of rotatable bonds is 7. The van der Waals surface area contributed by atoms with E-state index in [1.807, 2.05) is 6.92 Å². The van der Waals surface area contributed by atoms with E-state index in [1.165, 1.54) is 6.07 Å². The quantitative estimate of drug-likeness (QED) is 0.812. The number of alkyl halides is 3. The van der Waals surface area contributed by atoms with E-state index in [9.17, 15) is 18.3 Å². The van der Waals surface area contributed by atoms with Crippen LogP contribution in [0, 0.1) is 0 Å². The number of aliphatic hydroxyl groups is 1. The molecule has 0 fully saturated rings. The van der Waals surface area contributed by atoms with Gasteiger partial charge in [0.1, 0.15) is 5.75 Å². The molecular weight excluding hydrogens is 283 g/mol. The molecule has 0 aliphatic heterocycles. The molecule has 2 unspecified atom stereocenters. The Morgan fingerprint density at radius 2 is 2.00 bits per heavy atom. The van der Waals surface area contributed by atoms with Crippen LogP contribution in [0.5, 0.6) is 5.75 Å². The SMILES string of the molecule is CCCOc1ccc(C(F)(F)F)cc1C(C)CC(O)CN. The maximum Gasteiger partial charge on any atom is 0.416 e. The van der Waals surface area contributed by atoms with Gasteiger partial charge in [-0.25, -0.2) is 0 Å². The van der Waals surface area contributed by atoms with Gasteiger partial charge < -0.3 is 15.6 Å². The highest BCUT2D eigenvalue weighted by Crippen LogP contribution is 2.36. The maximum absolute atomic E-state index is 12.8. The van der Waals surface area contributed by atoms with Gasteiger partial charge in [-0.3, -0.25) is 0 Å². The molecule has 1 rings (SSSR count). The summed E-state index contributed by atoms with van der Waals surface area (Å²) in [4.78, 5) is 0. The highest BCUT2D eigenvalue weighted by atomic mass is 19.4. The predicted molar refractivity (Wildman–Crippen MR) is 75.3 cm³/mol. The molecule has 21 heavy (non-hydrogen) atoms. The lowest BCUT2D eigenvalue weighted by Crippen LogP contribution is -2.22. The topological polar surface area (TPSA) is 55.5 Å². The van der Waals surface area contributed by atoms with Crippen LogP contribution in [0.2, 0.25) is 0 Å². The zero-order chi connectivity index (χ0) is 16.0. The molecule has 0 heterocycles. The summed E-state index contributed by atoms with van der Waals surface area (Å²) in [6, 6.07) is 3.46. The van der Waals surface area contributed by atoms with Crippen molar-refractivity contribution in [3.63, 3.8) is 0 Å². The Labute approximate surface area is 122 Å². The number of aliphatic hydroxyl groups excluding tert-OH is 1. The third kappa shape index (κ3) is 5.21. The molecule has 0 radical (unpaired) electrons. The summed E-state index contributed by atoms with van der Waals surface area (Å²) in [6.45, 7) is 4.19. The molecule has 1 aromatic carbocycles. The molecule has 0 aliphatic carbocycles. The Hall–Kier alpha value is -1.27. The molecule has 6 heteroatoms. The van der Waals surface area contributed by atoms with Gasteiger partial charge in [0.25, 0.3) is 0 Å². The average molecular weight is 305 g/mol. The minimum Gasteiger partial charge on any atom is -0.493 e. The third-order valence-corrected chi connectivity index (χ3v) is 3.23. The summed E-state index contributed by atoms with van der Waals surface area (Å²) in [5.41, 5.74) is 5.09. The summed E-state index contributed by atoms with van der Waals surface area (Å²) in [7, 11) is 0. The molecule has 0 bridgehead atoms. The van der Waals surface area contributed by atoms with Crippen molar-refractivity contribution in [1.29, 1.82) is 0 Å². The van der Waals surface area contributed by atoms with Crippen LogP contribution in [0.3, 0.4) is 0 Å². The molecule has 120 valence electrons. The van der Waals surface area contributed by atoms with Gasteiger partial charge in [0.15, 0.2) is 0 Å². The molecule has 2 atom stereocenters. The molecule has 3 N–H and O–H groups in total. The highest BCUT2D eigenvalue weighted by molar-refractivity contribution is 5.40. The van der Waals surface area contributed by atoms with Crippen LogP contribution in [0.1, 0.15) is 43.7 Å². The van der Waals surface area contributed by atoms with Crippen molar-refractivity contribution in [3.8, 4) is 5.75 Å². The number of nitrogens with two attached hydrogens (primary N) is 1. The molecule has 0 aliphatic rings. The summed E-state index contributed by atoms with van der Waals surface area (Å²) in [6.07, 6.45) is -4.08. The standard InChI is InChI=1S/C15H22F3NO2/c1-3-6-21-14-5-4-11(15(16,17)18)8-13(14)10(2)7-12(20)9-19/h4-5,8,10,12,20H,3,6-7,9,19H2,1-2H3. The monoisotopic (exact) mass is 305 g/mol. The largest absolute Gasteiger partial charge is 0.493 e. The Balaban J connectivity index is 3.09. The zero-order valence-corrected chi connectivity index (χ0v) is 12.3. The fourth-order valence-electron chi connectivity index (χ4n) is 2.08. The van der Waals surface area contributed by atoms with Gasteiger partial charge in [0.2, 0.25) is 0 Å². The molecule has 0 spiro atoms. The number of ether oxygens (including phenoxy) is 1. The van der Waals surface area contributed by atoms with Gasteiger partial charge in [-0.1, -0.05) is 13.8 Å². The van der Waals surface area contributed by atoms with E-state index in [4.69, 9.17) is 10.5 Å². The van der Waals surface area contributed by atoms with Crippen molar-refractivity contribution in [2.45, 2.75) is 44.9 Å². The van der Waals surface area contributed by atoms with Gasteiger partial charge in [-0.15, -0.1) is 0 Å². The van der Waals surface area contributed by atoms with Crippen LogP contribution in [0.4, 0.5) is 13.2 Å². The predicted octanol–water partition coefficient (Wildman–Crippen LogP) is 3.31. The second kappa shape index (κ2) is 7.66. The molecule has 0 saturated carbocycles. The van der Waals surface area contributed by atoms with Gasteiger partial charge >= 0.3 is 6.18 Å². The van der Waals surface area contributed by atoms with E-state index < -0.39 is 17.8 Å². The zero-order valence-electron chi connectivity index (χ0n) is 12.3. The molecule has 3 nitrogen and oxygen atoms in total. The number of hydrogen-bond acceptors (Lipinski definition) is 3. The summed E-state index contributed by atoms with van der Waals surface area (Å²) < 4.78 is 44.0. The van der Waals surface area contributed by atoms with Gasteiger partial charge in [0.05, 0.1) is 18.3 Å². The summed E-state index contributed by atoms with van der Waals surface area (Å²) in [5, 5.41) is 9.60. The lowest BCUT2D eigenvalue weighted by molar-refractivity contribution is -0.137. The van der Waals surface area contributed by atoms with Crippen molar-refractivity contribution in [2.75, 3.05) is 13.2 Å². The third-order valence-electron chi connectivity index (χ3n) is 3.23.